The molecular formula is C20H28N2O+2. The highest BCUT2D eigenvalue weighted by molar-refractivity contribution is 5.17. The summed E-state index contributed by atoms with van der Waals surface area (Å²) < 4.78 is 0. The molecule has 0 aromatic heterocycles. The van der Waals surface area contributed by atoms with Gasteiger partial charge in [-0.25, -0.2) is 0 Å². The van der Waals surface area contributed by atoms with E-state index >= 15 is 0 Å². The van der Waals surface area contributed by atoms with Crippen LogP contribution in [0.4, 0.5) is 0 Å². The highest BCUT2D eigenvalue weighted by atomic mass is 16.3. The third-order valence-corrected chi connectivity index (χ3v) is 4.91. The molecule has 1 fully saturated rings. The van der Waals surface area contributed by atoms with Gasteiger partial charge >= 0.3 is 0 Å². The van der Waals surface area contributed by atoms with E-state index in [1.165, 1.54) is 31.5 Å². The van der Waals surface area contributed by atoms with E-state index in [-0.39, 0.29) is 6.10 Å². The summed E-state index contributed by atoms with van der Waals surface area (Å²) in [4.78, 5) is 1.68. The molecule has 0 saturated carbocycles. The molecule has 0 radical (unpaired) electrons. The number of rotatable bonds is 6. The van der Waals surface area contributed by atoms with Crippen molar-refractivity contribution in [2.24, 2.45) is 0 Å². The van der Waals surface area contributed by atoms with Crippen molar-refractivity contribution in [3.63, 3.8) is 0 Å². The second kappa shape index (κ2) is 8.25. The van der Waals surface area contributed by atoms with E-state index in [0.717, 1.165) is 18.7 Å². The van der Waals surface area contributed by atoms with Crippen molar-refractivity contribution < 1.29 is 15.3 Å². The zero-order valence-electron chi connectivity index (χ0n) is 13.7. The van der Waals surface area contributed by atoms with Crippen molar-refractivity contribution in [3.8, 4) is 0 Å². The van der Waals surface area contributed by atoms with E-state index in [4.69, 9.17) is 0 Å². The highest BCUT2D eigenvalue weighted by Gasteiger charge is 2.25. The molecule has 23 heavy (non-hydrogen) atoms. The Kier molecular flexibility index (Phi) is 5.81. The van der Waals surface area contributed by atoms with Gasteiger partial charge < -0.3 is 15.3 Å². The highest BCUT2D eigenvalue weighted by Crippen LogP contribution is 2.09. The maximum atomic E-state index is 10.3. The molecule has 1 aliphatic rings. The van der Waals surface area contributed by atoms with Crippen LogP contribution in [-0.4, -0.2) is 30.8 Å². The van der Waals surface area contributed by atoms with Gasteiger partial charge in [-0.2, -0.15) is 0 Å². The van der Waals surface area contributed by atoms with Gasteiger partial charge in [0.1, 0.15) is 19.2 Å². The van der Waals surface area contributed by atoms with Crippen LogP contribution < -0.4 is 10.2 Å². The summed E-state index contributed by atoms with van der Waals surface area (Å²) in [6, 6.07) is 21.4. The number of benzene rings is 2. The maximum Gasteiger partial charge on any atom is 0.128 e. The van der Waals surface area contributed by atoms with Crippen LogP contribution in [0.2, 0.25) is 0 Å². The molecule has 0 aliphatic carbocycles. The number of nitrogens with two attached hydrogens (primary N) is 1. The van der Waals surface area contributed by atoms with Crippen LogP contribution in [0.3, 0.4) is 0 Å². The quantitative estimate of drug-likeness (QED) is 0.716. The first-order valence-corrected chi connectivity index (χ1v) is 8.75. The van der Waals surface area contributed by atoms with Crippen molar-refractivity contribution >= 4 is 0 Å². The van der Waals surface area contributed by atoms with E-state index in [9.17, 15) is 5.11 Å². The van der Waals surface area contributed by atoms with Gasteiger partial charge in [0, 0.05) is 18.4 Å². The standard InChI is InChI=1S/C20H26N2O/c23-20(18-9-5-2-6-10-18)15-21-19-11-13-22(14-12-19)16-17-7-3-1-4-8-17/h1-10,19-21,23H,11-16H2/p+2/t20-/m1/s1. The van der Waals surface area contributed by atoms with Crippen LogP contribution in [0.25, 0.3) is 0 Å². The predicted molar refractivity (Wildman–Crippen MR) is 92.1 cm³/mol. The summed E-state index contributed by atoms with van der Waals surface area (Å²) in [5.41, 5.74) is 2.46. The molecule has 2 aromatic carbocycles. The number of aliphatic hydroxyl groups is 1. The number of piperidine rings is 1. The summed E-state index contributed by atoms with van der Waals surface area (Å²) >= 11 is 0. The lowest BCUT2D eigenvalue weighted by atomic mass is 10.0. The minimum absolute atomic E-state index is 0.356. The lowest BCUT2D eigenvalue weighted by Gasteiger charge is -2.28. The van der Waals surface area contributed by atoms with Gasteiger partial charge in [0.05, 0.1) is 19.1 Å². The van der Waals surface area contributed by atoms with Crippen LogP contribution >= 0.6 is 0 Å². The van der Waals surface area contributed by atoms with Crippen LogP contribution in [0.5, 0.6) is 0 Å². The number of hydrogen-bond donors (Lipinski definition) is 3. The molecule has 1 saturated heterocycles. The van der Waals surface area contributed by atoms with E-state index in [2.05, 4.69) is 35.6 Å². The van der Waals surface area contributed by atoms with Crippen LogP contribution in [0.15, 0.2) is 60.7 Å². The van der Waals surface area contributed by atoms with Crippen LogP contribution in [0.1, 0.15) is 30.1 Å². The zero-order chi connectivity index (χ0) is 15.9. The van der Waals surface area contributed by atoms with E-state index in [0.29, 0.717) is 6.04 Å². The minimum Gasteiger partial charge on any atom is -0.382 e. The third-order valence-electron chi connectivity index (χ3n) is 4.91. The third kappa shape index (κ3) is 4.90. The molecule has 2 aromatic rings. The number of quaternary nitrogens is 2. The van der Waals surface area contributed by atoms with Gasteiger partial charge in [-0.1, -0.05) is 60.7 Å². The van der Waals surface area contributed by atoms with Crippen LogP contribution in [-0.2, 0) is 6.54 Å². The van der Waals surface area contributed by atoms with Crippen molar-refractivity contribution in [1.29, 1.82) is 0 Å². The largest absolute Gasteiger partial charge is 0.382 e. The number of nitrogens with one attached hydrogen (secondary N) is 1. The summed E-state index contributed by atoms with van der Waals surface area (Å²) in [6.45, 7) is 4.37. The molecule has 3 nitrogen and oxygen atoms in total. The molecule has 1 atom stereocenters. The van der Waals surface area contributed by atoms with Gasteiger partial charge in [0.25, 0.3) is 0 Å². The van der Waals surface area contributed by atoms with Crippen molar-refractivity contribution in [2.75, 3.05) is 19.6 Å². The number of likely N-dealkylation sites (tertiary alicyclic amines) is 1. The topological polar surface area (TPSA) is 41.3 Å². The minimum atomic E-state index is -0.356. The first-order valence-electron chi connectivity index (χ1n) is 8.75. The maximum absolute atomic E-state index is 10.3. The monoisotopic (exact) mass is 312 g/mol. The molecule has 3 heteroatoms. The Labute approximate surface area is 139 Å². The molecule has 0 spiro atoms. The number of hydrogen-bond acceptors (Lipinski definition) is 1. The molecule has 1 aliphatic heterocycles. The number of aliphatic hydroxyl groups excluding tert-OH is 1. The zero-order valence-corrected chi connectivity index (χ0v) is 13.7. The Morgan fingerprint density at radius 1 is 0.957 bits per heavy atom. The molecule has 0 unspecified atom stereocenters. The molecule has 4 N–H and O–H groups in total. The second-order valence-corrected chi connectivity index (χ2v) is 6.65. The van der Waals surface area contributed by atoms with Crippen LogP contribution in [0, 0.1) is 0 Å². The first-order chi connectivity index (χ1) is 11.3. The second-order valence-electron chi connectivity index (χ2n) is 6.65. The Morgan fingerprint density at radius 3 is 2.22 bits per heavy atom. The first kappa shape index (κ1) is 16.2. The summed E-state index contributed by atoms with van der Waals surface area (Å²) in [6.07, 6.45) is 2.12. The van der Waals surface area contributed by atoms with Crippen molar-refractivity contribution in [2.45, 2.75) is 31.5 Å². The SMILES string of the molecule is O[C@H](C[NH2+]C1CC[NH+](Cc2ccccc2)CC1)c1ccccc1. The molecule has 3 rings (SSSR count). The normalized spacial score (nSPS) is 22.7. The predicted octanol–water partition coefficient (Wildman–Crippen LogP) is 0.531. The fourth-order valence-electron chi connectivity index (χ4n) is 3.48. The summed E-state index contributed by atoms with van der Waals surface area (Å²) in [7, 11) is 0. The Bertz CT molecular complexity index is 565. The summed E-state index contributed by atoms with van der Waals surface area (Å²) in [5, 5.41) is 12.6. The van der Waals surface area contributed by atoms with Gasteiger partial charge in [-0.05, 0) is 5.56 Å². The molecule has 0 amide bonds. The van der Waals surface area contributed by atoms with Gasteiger partial charge in [0.2, 0.25) is 0 Å². The van der Waals surface area contributed by atoms with Gasteiger partial charge in [-0.15, -0.1) is 0 Å². The average molecular weight is 312 g/mol. The molecular weight excluding hydrogens is 284 g/mol. The van der Waals surface area contributed by atoms with Crippen molar-refractivity contribution in [3.05, 3.63) is 71.8 Å². The fourth-order valence-corrected chi connectivity index (χ4v) is 3.48. The Balaban J connectivity index is 1.39. The molecule has 122 valence electrons. The Hall–Kier alpha value is -1.68. The lowest BCUT2D eigenvalue weighted by Crippen LogP contribution is -3.13. The van der Waals surface area contributed by atoms with E-state index in [1.54, 1.807) is 4.90 Å². The molecule has 1 heterocycles. The summed E-state index contributed by atoms with van der Waals surface area (Å²) in [5.74, 6) is 0. The van der Waals surface area contributed by atoms with E-state index in [1.807, 2.05) is 30.3 Å². The lowest BCUT2D eigenvalue weighted by molar-refractivity contribution is -0.926. The van der Waals surface area contributed by atoms with Gasteiger partial charge in [-0.3, -0.25) is 0 Å². The molecule has 0 bridgehead atoms. The Morgan fingerprint density at radius 2 is 1.57 bits per heavy atom. The smallest absolute Gasteiger partial charge is 0.128 e. The fraction of sp³-hybridized carbons (Fsp3) is 0.400. The van der Waals surface area contributed by atoms with Gasteiger partial charge in [0.15, 0.2) is 0 Å². The van der Waals surface area contributed by atoms with E-state index < -0.39 is 0 Å². The average Bonchev–Trinajstić information content (AvgIpc) is 2.62. The van der Waals surface area contributed by atoms with Crippen molar-refractivity contribution in [1.82, 2.24) is 0 Å².